The summed E-state index contributed by atoms with van der Waals surface area (Å²) in [6, 6.07) is 5.83. The molecule has 1 N–H and O–H groups in total. The number of amides is 1. The quantitative estimate of drug-likeness (QED) is 0.212. The van der Waals surface area contributed by atoms with Crippen molar-refractivity contribution in [3.63, 3.8) is 0 Å². The molecule has 33 heavy (non-hydrogen) atoms. The summed E-state index contributed by atoms with van der Waals surface area (Å²) >= 11 is 4.30. The molecule has 0 saturated heterocycles. The molecule has 1 aliphatic rings. The monoisotopic (exact) mass is 499 g/mol. The summed E-state index contributed by atoms with van der Waals surface area (Å²) in [7, 11) is 1.29. The standard InChI is InChI=1S/C23H18FN3O3S3/c1-30-23(29)19-15(12-5-7-13(24)8-6-12)9-31-22(19)27-17(28)10-32-20-18-14-3-2-4-16(14)33-21(18)26-11-25-20/h5-9,11H,2-4,10H2,1H3,(H,27,28). The van der Waals surface area contributed by atoms with Crippen LogP contribution in [-0.4, -0.2) is 34.7 Å². The number of fused-ring (bicyclic) bond motifs is 3. The Hall–Kier alpha value is -2.82. The molecule has 0 spiro atoms. The van der Waals surface area contributed by atoms with E-state index < -0.39 is 5.97 Å². The van der Waals surface area contributed by atoms with E-state index in [2.05, 4.69) is 15.3 Å². The number of nitrogens with zero attached hydrogens (tertiary/aromatic N) is 2. The number of hydrogen-bond acceptors (Lipinski definition) is 8. The molecule has 4 aromatic rings. The summed E-state index contributed by atoms with van der Waals surface area (Å²) in [5, 5.41) is 6.86. The fourth-order valence-corrected chi connectivity index (χ4v) is 7.00. The van der Waals surface area contributed by atoms with Crippen molar-refractivity contribution < 1.29 is 18.7 Å². The SMILES string of the molecule is COC(=O)c1c(-c2ccc(F)cc2)csc1NC(=O)CSc1ncnc2sc3c(c12)CCC3. The number of aromatic nitrogens is 2. The molecule has 0 fully saturated rings. The molecule has 0 saturated carbocycles. The van der Waals surface area contributed by atoms with Gasteiger partial charge in [-0.05, 0) is 42.5 Å². The number of thiophene rings is 2. The van der Waals surface area contributed by atoms with Gasteiger partial charge in [0.1, 0.15) is 32.6 Å². The molecule has 168 valence electrons. The van der Waals surface area contributed by atoms with Crippen molar-refractivity contribution in [2.24, 2.45) is 0 Å². The molecule has 3 heterocycles. The maximum atomic E-state index is 13.3. The zero-order valence-corrected chi connectivity index (χ0v) is 20.0. The Bertz CT molecular complexity index is 1360. The van der Waals surface area contributed by atoms with Crippen LogP contribution in [0.1, 0.15) is 27.2 Å². The highest BCUT2D eigenvalue weighted by molar-refractivity contribution is 8.00. The summed E-state index contributed by atoms with van der Waals surface area (Å²) in [5.74, 6) is -1.04. The van der Waals surface area contributed by atoms with Crippen molar-refractivity contribution in [1.29, 1.82) is 0 Å². The van der Waals surface area contributed by atoms with Crippen LogP contribution in [-0.2, 0) is 22.4 Å². The summed E-state index contributed by atoms with van der Waals surface area (Å²) < 4.78 is 18.3. The lowest BCUT2D eigenvalue weighted by molar-refractivity contribution is -0.113. The van der Waals surface area contributed by atoms with E-state index in [4.69, 9.17) is 4.74 Å². The van der Waals surface area contributed by atoms with Gasteiger partial charge in [0.05, 0.1) is 12.9 Å². The summed E-state index contributed by atoms with van der Waals surface area (Å²) in [6.07, 6.45) is 4.78. The van der Waals surface area contributed by atoms with Gasteiger partial charge in [0.25, 0.3) is 0 Å². The third-order valence-corrected chi connectivity index (χ3v) is 8.48. The van der Waals surface area contributed by atoms with Crippen molar-refractivity contribution in [3.8, 4) is 11.1 Å². The van der Waals surface area contributed by atoms with Gasteiger partial charge in [-0.25, -0.2) is 19.2 Å². The average Bonchev–Trinajstić information content (AvgIpc) is 3.52. The summed E-state index contributed by atoms with van der Waals surface area (Å²) in [6.45, 7) is 0. The van der Waals surface area contributed by atoms with E-state index in [1.807, 2.05) is 0 Å². The van der Waals surface area contributed by atoms with Crippen LogP contribution in [0.4, 0.5) is 9.39 Å². The van der Waals surface area contributed by atoms with E-state index in [-0.39, 0.29) is 23.0 Å². The minimum atomic E-state index is -0.565. The zero-order chi connectivity index (χ0) is 22.9. The molecule has 3 aromatic heterocycles. The molecular formula is C23H18FN3O3S3. The van der Waals surface area contributed by atoms with Crippen LogP contribution in [0.5, 0.6) is 0 Å². The van der Waals surface area contributed by atoms with Crippen molar-refractivity contribution in [3.05, 3.63) is 57.8 Å². The van der Waals surface area contributed by atoms with Gasteiger partial charge in [0.15, 0.2) is 0 Å². The third kappa shape index (κ3) is 4.25. The topological polar surface area (TPSA) is 81.2 Å². The van der Waals surface area contributed by atoms with Crippen LogP contribution in [0, 0.1) is 5.82 Å². The van der Waals surface area contributed by atoms with Crippen molar-refractivity contribution >= 4 is 61.5 Å². The molecule has 1 amide bonds. The first-order valence-corrected chi connectivity index (χ1v) is 12.9. The highest BCUT2D eigenvalue weighted by atomic mass is 32.2. The minimum Gasteiger partial charge on any atom is -0.465 e. The predicted octanol–water partition coefficient (Wildman–Crippen LogP) is 5.57. The van der Waals surface area contributed by atoms with Crippen LogP contribution < -0.4 is 5.32 Å². The lowest BCUT2D eigenvalue weighted by Gasteiger charge is -2.08. The molecule has 1 aromatic carbocycles. The number of hydrogen-bond donors (Lipinski definition) is 1. The number of methoxy groups -OCH3 is 1. The first-order valence-electron chi connectivity index (χ1n) is 10.2. The van der Waals surface area contributed by atoms with Crippen LogP contribution in [0.2, 0.25) is 0 Å². The Morgan fingerprint density at radius 3 is 2.82 bits per heavy atom. The first-order chi connectivity index (χ1) is 16.0. The molecule has 5 rings (SSSR count). The highest BCUT2D eigenvalue weighted by Crippen LogP contribution is 2.40. The molecular weight excluding hydrogens is 481 g/mol. The van der Waals surface area contributed by atoms with Gasteiger partial charge < -0.3 is 10.1 Å². The van der Waals surface area contributed by atoms with Gasteiger partial charge in [-0.1, -0.05) is 23.9 Å². The maximum Gasteiger partial charge on any atom is 0.341 e. The van der Waals surface area contributed by atoms with E-state index >= 15 is 0 Å². The van der Waals surface area contributed by atoms with Gasteiger partial charge in [0.2, 0.25) is 5.91 Å². The van der Waals surface area contributed by atoms with Crippen LogP contribution in [0.25, 0.3) is 21.3 Å². The van der Waals surface area contributed by atoms with Crippen LogP contribution in [0.3, 0.4) is 0 Å². The van der Waals surface area contributed by atoms with Crippen LogP contribution >= 0.6 is 34.4 Å². The highest BCUT2D eigenvalue weighted by Gasteiger charge is 2.24. The Morgan fingerprint density at radius 1 is 1.21 bits per heavy atom. The number of benzene rings is 1. The van der Waals surface area contributed by atoms with E-state index in [0.717, 1.165) is 34.5 Å². The summed E-state index contributed by atoms with van der Waals surface area (Å²) in [4.78, 5) is 36.4. The zero-order valence-electron chi connectivity index (χ0n) is 17.5. The molecule has 1 aliphatic carbocycles. The molecule has 6 nitrogen and oxygen atoms in total. The second-order valence-electron chi connectivity index (χ2n) is 7.41. The normalized spacial score (nSPS) is 12.7. The van der Waals surface area contributed by atoms with Crippen molar-refractivity contribution in [2.45, 2.75) is 24.3 Å². The number of esters is 1. The fourth-order valence-electron chi connectivity index (χ4n) is 3.90. The third-order valence-electron chi connectivity index (χ3n) is 5.40. The predicted molar refractivity (Wildman–Crippen MR) is 130 cm³/mol. The average molecular weight is 500 g/mol. The van der Waals surface area contributed by atoms with Gasteiger partial charge in [-0.15, -0.1) is 22.7 Å². The van der Waals surface area contributed by atoms with Gasteiger partial charge in [0, 0.05) is 21.2 Å². The number of aryl methyl sites for hydroxylation is 2. The molecule has 0 radical (unpaired) electrons. The van der Waals surface area contributed by atoms with E-state index in [1.54, 1.807) is 28.8 Å². The van der Waals surface area contributed by atoms with Gasteiger partial charge in [-0.2, -0.15) is 0 Å². The smallest absolute Gasteiger partial charge is 0.341 e. The molecule has 0 unspecified atom stereocenters. The van der Waals surface area contributed by atoms with Gasteiger partial charge >= 0.3 is 5.97 Å². The molecule has 10 heteroatoms. The lowest BCUT2D eigenvalue weighted by atomic mass is 10.0. The first kappa shape index (κ1) is 22.0. The largest absolute Gasteiger partial charge is 0.465 e. The number of carbonyl (C=O) groups excluding carboxylic acids is 2. The molecule has 0 bridgehead atoms. The number of thioether (sulfide) groups is 1. The van der Waals surface area contributed by atoms with E-state index in [9.17, 15) is 14.0 Å². The molecule has 0 atom stereocenters. The van der Waals surface area contributed by atoms with Gasteiger partial charge in [-0.3, -0.25) is 4.79 Å². The van der Waals surface area contributed by atoms with E-state index in [0.29, 0.717) is 16.1 Å². The Kier molecular flexibility index (Phi) is 6.13. The number of carbonyl (C=O) groups is 2. The van der Waals surface area contributed by atoms with Crippen LogP contribution in [0.15, 0.2) is 41.0 Å². The molecule has 0 aliphatic heterocycles. The van der Waals surface area contributed by atoms with E-state index in [1.165, 1.54) is 59.1 Å². The number of anilines is 1. The number of halogens is 1. The number of nitrogens with one attached hydrogen (secondary N) is 1. The fraction of sp³-hybridized carbons (Fsp3) is 0.217. The number of ether oxygens (including phenoxy) is 1. The Morgan fingerprint density at radius 2 is 2.03 bits per heavy atom. The number of rotatable bonds is 6. The Balaban J connectivity index is 1.36. The Labute approximate surface area is 201 Å². The van der Waals surface area contributed by atoms with Crippen molar-refractivity contribution in [2.75, 3.05) is 18.2 Å². The maximum absolute atomic E-state index is 13.3. The lowest BCUT2D eigenvalue weighted by Crippen LogP contribution is -2.16. The second-order valence-corrected chi connectivity index (χ2v) is 10.3. The summed E-state index contributed by atoms with van der Waals surface area (Å²) in [5.41, 5.74) is 2.82. The minimum absolute atomic E-state index is 0.140. The second kappa shape index (κ2) is 9.20. The van der Waals surface area contributed by atoms with Crippen molar-refractivity contribution in [1.82, 2.24) is 9.97 Å².